The van der Waals surface area contributed by atoms with Crippen LogP contribution in [-0.4, -0.2) is 25.6 Å². The van der Waals surface area contributed by atoms with Gasteiger partial charge in [0.25, 0.3) is 0 Å². The summed E-state index contributed by atoms with van der Waals surface area (Å²) in [5.41, 5.74) is 1.05. The predicted octanol–water partition coefficient (Wildman–Crippen LogP) is 1.70. The van der Waals surface area contributed by atoms with Gasteiger partial charge in [-0.3, -0.25) is 4.99 Å². The van der Waals surface area contributed by atoms with E-state index in [4.69, 9.17) is 0 Å². The first-order valence-corrected chi connectivity index (χ1v) is 6.11. The summed E-state index contributed by atoms with van der Waals surface area (Å²) in [6.45, 7) is 2.76. The molecule has 0 bridgehead atoms. The molecule has 0 fully saturated rings. The Bertz CT molecular complexity index is 390. The van der Waals surface area contributed by atoms with Crippen molar-refractivity contribution in [2.45, 2.75) is 19.3 Å². The first kappa shape index (κ1) is 11.9. The Morgan fingerprint density at radius 3 is 3.12 bits per heavy atom. The van der Waals surface area contributed by atoms with Gasteiger partial charge in [0.1, 0.15) is 5.82 Å². The number of hydrogen-bond donors (Lipinski definition) is 2. The summed E-state index contributed by atoms with van der Waals surface area (Å²) < 4.78 is 12.9. The van der Waals surface area contributed by atoms with Crippen molar-refractivity contribution in [1.82, 2.24) is 10.6 Å². The van der Waals surface area contributed by atoms with Gasteiger partial charge in [-0.05, 0) is 37.0 Å². The highest BCUT2D eigenvalue weighted by Crippen LogP contribution is 2.05. The van der Waals surface area contributed by atoms with Crippen LogP contribution in [0.15, 0.2) is 29.3 Å². The third-order valence-electron chi connectivity index (χ3n) is 2.72. The lowest BCUT2D eigenvalue weighted by Gasteiger charge is -2.15. The molecule has 0 aromatic heterocycles. The normalized spacial score (nSPS) is 15.0. The average molecular weight is 235 g/mol. The Balaban J connectivity index is 1.67. The second-order valence-corrected chi connectivity index (χ2v) is 4.17. The van der Waals surface area contributed by atoms with Gasteiger partial charge in [-0.1, -0.05) is 12.1 Å². The van der Waals surface area contributed by atoms with Crippen LogP contribution in [0.1, 0.15) is 18.4 Å². The maximum absolute atomic E-state index is 12.9. The van der Waals surface area contributed by atoms with Crippen molar-refractivity contribution in [2.75, 3.05) is 19.6 Å². The topological polar surface area (TPSA) is 36.4 Å². The second kappa shape index (κ2) is 6.23. The van der Waals surface area contributed by atoms with E-state index in [1.165, 1.54) is 6.07 Å². The van der Waals surface area contributed by atoms with Gasteiger partial charge in [0.05, 0.1) is 0 Å². The monoisotopic (exact) mass is 235 g/mol. The Kier molecular flexibility index (Phi) is 4.36. The molecule has 17 heavy (non-hydrogen) atoms. The fourth-order valence-electron chi connectivity index (χ4n) is 1.84. The lowest BCUT2D eigenvalue weighted by Crippen LogP contribution is -2.41. The molecule has 4 heteroatoms. The highest BCUT2D eigenvalue weighted by molar-refractivity contribution is 5.80. The molecule has 0 aliphatic carbocycles. The molecule has 1 aromatic carbocycles. The number of halogens is 1. The zero-order chi connectivity index (χ0) is 11.9. The summed E-state index contributed by atoms with van der Waals surface area (Å²) in [7, 11) is 0. The highest BCUT2D eigenvalue weighted by atomic mass is 19.1. The van der Waals surface area contributed by atoms with Gasteiger partial charge < -0.3 is 10.6 Å². The van der Waals surface area contributed by atoms with Gasteiger partial charge in [-0.15, -0.1) is 0 Å². The molecule has 3 nitrogen and oxygen atoms in total. The number of nitrogens with zero attached hydrogens (tertiary/aromatic N) is 1. The van der Waals surface area contributed by atoms with E-state index in [-0.39, 0.29) is 5.82 Å². The predicted molar refractivity (Wildman–Crippen MR) is 67.6 cm³/mol. The largest absolute Gasteiger partial charge is 0.356 e. The molecule has 0 saturated heterocycles. The van der Waals surface area contributed by atoms with E-state index in [0.717, 1.165) is 50.4 Å². The van der Waals surface area contributed by atoms with Gasteiger partial charge in [-0.2, -0.15) is 0 Å². The van der Waals surface area contributed by atoms with Crippen LogP contribution in [0.2, 0.25) is 0 Å². The van der Waals surface area contributed by atoms with Crippen LogP contribution >= 0.6 is 0 Å². The van der Waals surface area contributed by atoms with Gasteiger partial charge in [-0.25, -0.2) is 4.39 Å². The standard InChI is InChI=1S/C13H18FN3/c14-12-6-1-4-11(10-12)5-2-7-15-13-16-8-3-9-17-13/h1,4,6,10H,2-3,5,7-9H2,(H2,15,16,17). The van der Waals surface area contributed by atoms with Crippen LogP contribution in [0.3, 0.4) is 0 Å². The number of aliphatic imine (C=N–C) groups is 1. The van der Waals surface area contributed by atoms with E-state index in [9.17, 15) is 4.39 Å². The quantitative estimate of drug-likeness (QED) is 0.779. The van der Waals surface area contributed by atoms with E-state index in [2.05, 4.69) is 15.6 Å². The first-order chi connectivity index (χ1) is 8.34. The van der Waals surface area contributed by atoms with Crippen molar-refractivity contribution < 1.29 is 4.39 Å². The van der Waals surface area contributed by atoms with Gasteiger partial charge in [0.15, 0.2) is 5.96 Å². The van der Waals surface area contributed by atoms with Crippen LogP contribution in [-0.2, 0) is 6.42 Å². The summed E-state index contributed by atoms with van der Waals surface area (Å²) >= 11 is 0. The average Bonchev–Trinajstić information content (AvgIpc) is 2.36. The summed E-state index contributed by atoms with van der Waals surface area (Å²) in [4.78, 5) is 4.32. The zero-order valence-electron chi connectivity index (χ0n) is 9.88. The molecule has 0 atom stereocenters. The minimum atomic E-state index is -0.159. The molecule has 2 rings (SSSR count). The lowest BCUT2D eigenvalue weighted by molar-refractivity contribution is 0.623. The molecule has 1 aliphatic rings. The van der Waals surface area contributed by atoms with Crippen molar-refractivity contribution in [2.24, 2.45) is 4.99 Å². The maximum Gasteiger partial charge on any atom is 0.191 e. The third-order valence-corrected chi connectivity index (χ3v) is 2.72. The number of benzene rings is 1. The Morgan fingerprint density at radius 2 is 2.35 bits per heavy atom. The molecule has 0 spiro atoms. The number of hydrogen-bond acceptors (Lipinski definition) is 3. The maximum atomic E-state index is 12.9. The van der Waals surface area contributed by atoms with Crippen molar-refractivity contribution in [3.8, 4) is 0 Å². The van der Waals surface area contributed by atoms with Crippen LogP contribution in [0, 0.1) is 5.82 Å². The van der Waals surface area contributed by atoms with Crippen LogP contribution < -0.4 is 10.6 Å². The summed E-state index contributed by atoms with van der Waals surface area (Å²) in [6, 6.07) is 6.78. The summed E-state index contributed by atoms with van der Waals surface area (Å²) in [6.07, 6.45) is 2.97. The van der Waals surface area contributed by atoms with E-state index in [0.29, 0.717) is 0 Å². The molecule has 0 amide bonds. The van der Waals surface area contributed by atoms with Crippen molar-refractivity contribution in [1.29, 1.82) is 0 Å². The zero-order valence-corrected chi connectivity index (χ0v) is 9.88. The number of nitrogens with one attached hydrogen (secondary N) is 2. The van der Waals surface area contributed by atoms with Crippen LogP contribution in [0.25, 0.3) is 0 Å². The Morgan fingerprint density at radius 1 is 1.41 bits per heavy atom. The smallest absolute Gasteiger partial charge is 0.191 e. The van der Waals surface area contributed by atoms with E-state index in [1.54, 1.807) is 12.1 Å². The molecule has 0 radical (unpaired) electrons. The minimum Gasteiger partial charge on any atom is -0.356 e. The summed E-state index contributed by atoms with van der Waals surface area (Å²) in [5, 5.41) is 6.46. The van der Waals surface area contributed by atoms with Crippen molar-refractivity contribution >= 4 is 5.96 Å². The Labute approximate surface area is 101 Å². The molecule has 1 heterocycles. The summed E-state index contributed by atoms with van der Waals surface area (Å²) in [5.74, 6) is 0.740. The molecule has 1 aromatic rings. The fourth-order valence-corrected chi connectivity index (χ4v) is 1.84. The number of rotatable bonds is 4. The minimum absolute atomic E-state index is 0.159. The van der Waals surface area contributed by atoms with Gasteiger partial charge in [0, 0.05) is 19.6 Å². The van der Waals surface area contributed by atoms with Crippen molar-refractivity contribution in [3.63, 3.8) is 0 Å². The van der Waals surface area contributed by atoms with E-state index in [1.807, 2.05) is 6.07 Å². The fraction of sp³-hybridized carbons (Fsp3) is 0.462. The molecule has 0 unspecified atom stereocenters. The highest BCUT2D eigenvalue weighted by Gasteiger charge is 2.02. The molecular weight excluding hydrogens is 217 g/mol. The number of aryl methyl sites for hydroxylation is 1. The van der Waals surface area contributed by atoms with E-state index >= 15 is 0 Å². The van der Waals surface area contributed by atoms with Crippen molar-refractivity contribution in [3.05, 3.63) is 35.6 Å². The van der Waals surface area contributed by atoms with E-state index < -0.39 is 0 Å². The van der Waals surface area contributed by atoms with Crippen LogP contribution in [0.5, 0.6) is 0 Å². The van der Waals surface area contributed by atoms with Crippen LogP contribution in [0.4, 0.5) is 4.39 Å². The second-order valence-electron chi connectivity index (χ2n) is 4.17. The molecule has 0 saturated carbocycles. The molecule has 92 valence electrons. The van der Waals surface area contributed by atoms with Gasteiger partial charge >= 0.3 is 0 Å². The lowest BCUT2D eigenvalue weighted by atomic mass is 10.1. The molecular formula is C13H18FN3. The first-order valence-electron chi connectivity index (χ1n) is 6.11. The third kappa shape index (κ3) is 4.06. The molecule has 1 aliphatic heterocycles. The molecule has 2 N–H and O–H groups in total. The Hall–Kier alpha value is -1.58. The number of guanidine groups is 1. The SMILES string of the molecule is Fc1cccc(CCCNC2=NCCCN2)c1. The van der Waals surface area contributed by atoms with Gasteiger partial charge in [0.2, 0.25) is 0 Å².